The molecule has 166 valence electrons. The molecule has 0 unspecified atom stereocenters. The number of nitrogens with one attached hydrogen (secondary N) is 1. The van der Waals surface area contributed by atoms with E-state index in [2.05, 4.69) is 15.5 Å². The molecule has 1 heterocycles. The van der Waals surface area contributed by atoms with E-state index < -0.39 is 0 Å². The lowest BCUT2D eigenvalue weighted by Crippen LogP contribution is -2.14. The number of rotatable bonds is 8. The minimum Gasteiger partial charge on any atom is -0.325 e. The van der Waals surface area contributed by atoms with Crippen molar-refractivity contribution in [2.24, 2.45) is 0 Å². The van der Waals surface area contributed by atoms with Gasteiger partial charge in [0.05, 0.1) is 5.75 Å². The molecule has 4 aromatic rings. The molecular weight excluding hydrogens is 456 g/mol. The van der Waals surface area contributed by atoms with Crippen molar-refractivity contribution in [3.05, 3.63) is 101 Å². The first-order chi connectivity index (χ1) is 16.0. The van der Waals surface area contributed by atoms with Crippen LogP contribution in [-0.2, 0) is 11.2 Å². The Kier molecular flexibility index (Phi) is 7.22. The number of amides is 1. The third-order valence-corrected chi connectivity index (χ3v) is 6.08. The predicted octanol–water partition coefficient (Wildman–Crippen LogP) is 5.44. The first kappa shape index (κ1) is 22.8. The lowest BCUT2D eigenvalue weighted by molar-refractivity contribution is -0.113. The molecule has 0 radical (unpaired) electrons. The number of benzene rings is 3. The molecule has 0 spiro atoms. The van der Waals surface area contributed by atoms with Crippen molar-refractivity contribution in [1.82, 2.24) is 14.8 Å². The van der Waals surface area contributed by atoms with Crippen LogP contribution in [0.5, 0.6) is 0 Å². The maximum atomic E-state index is 12.5. The third kappa shape index (κ3) is 5.88. The van der Waals surface area contributed by atoms with Crippen LogP contribution in [0, 0.1) is 0 Å². The van der Waals surface area contributed by atoms with Crippen LogP contribution in [0.25, 0.3) is 5.69 Å². The summed E-state index contributed by atoms with van der Waals surface area (Å²) >= 11 is 7.37. The maximum absolute atomic E-state index is 12.5. The fourth-order valence-corrected chi connectivity index (χ4v) is 4.15. The molecular formula is C25H21ClN4O2S. The first-order valence-corrected chi connectivity index (χ1v) is 11.6. The van der Waals surface area contributed by atoms with Crippen molar-refractivity contribution >= 4 is 40.7 Å². The molecule has 1 N–H and O–H groups in total. The Bertz CT molecular complexity index is 1260. The van der Waals surface area contributed by atoms with E-state index in [0.717, 1.165) is 17.1 Å². The number of Topliss-reactive ketones (excluding diaryl/α,β-unsaturated/α-hetero) is 1. The van der Waals surface area contributed by atoms with Crippen LogP contribution < -0.4 is 5.32 Å². The highest BCUT2D eigenvalue weighted by Crippen LogP contribution is 2.25. The molecule has 0 atom stereocenters. The molecule has 1 amide bonds. The molecule has 0 bridgehead atoms. The Balaban J connectivity index is 1.51. The van der Waals surface area contributed by atoms with Gasteiger partial charge < -0.3 is 5.32 Å². The molecule has 0 saturated heterocycles. The monoisotopic (exact) mass is 476 g/mol. The van der Waals surface area contributed by atoms with Crippen LogP contribution >= 0.6 is 23.4 Å². The smallest absolute Gasteiger partial charge is 0.234 e. The zero-order valence-electron chi connectivity index (χ0n) is 17.9. The molecule has 8 heteroatoms. The van der Waals surface area contributed by atoms with E-state index in [1.54, 1.807) is 24.3 Å². The molecule has 33 heavy (non-hydrogen) atoms. The number of carbonyl (C=O) groups excluding carboxylic acids is 2. The largest absolute Gasteiger partial charge is 0.325 e. The average molecular weight is 477 g/mol. The molecule has 0 aliphatic rings. The predicted molar refractivity (Wildman–Crippen MR) is 131 cm³/mol. The van der Waals surface area contributed by atoms with E-state index in [-0.39, 0.29) is 17.4 Å². The second-order valence-electron chi connectivity index (χ2n) is 7.34. The summed E-state index contributed by atoms with van der Waals surface area (Å²) in [6, 6.07) is 24.3. The number of ketones is 1. The lowest BCUT2D eigenvalue weighted by Gasteiger charge is -2.11. The molecule has 0 fully saturated rings. The summed E-state index contributed by atoms with van der Waals surface area (Å²) in [4.78, 5) is 23.9. The molecule has 0 aliphatic heterocycles. The number of hydrogen-bond acceptors (Lipinski definition) is 5. The zero-order chi connectivity index (χ0) is 23.2. The quantitative estimate of drug-likeness (QED) is 0.270. The number of hydrogen-bond donors (Lipinski definition) is 1. The van der Waals surface area contributed by atoms with E-state index in [0.29, 0.717) is 27.9 Å². The van der Waals surface area contributed by atoms with E-state index in [1.807, 2.05) is 59.2 Å². The SMILES string of the molecule is CC(=O)c1ccc(NC(=O)CSc2nnc(Cc3ccccc3)n2-c2ccc(Cl)cc2)cc1. The number of carbonyl (C=O) groups is 2. The van der Waals surface area contributed by atoms with Gasteiger partial charge in [-0.1, -0.05) is 53.7 Å². The van der Waals surface area contributed by atoms with Gasteiger partial charge in [0, 0.05) is 28.4 Å². The zero-order valence-corrected chi connectivity index (χ0v) is 19.4. The second-order valence-corrected chi connectivity index (χ2v) is 8.72. The fraction of sp³-hybridized carbons (Fsp3) is 0.120. The third-order valence-electron chi connectivity index (χ3n) is 4.90. The molecule has 0 aliphatic carbocycles. The van der Waals surface area contributed by atoms with Crippen molar-refractivity contribution in [3.8, 4) is 5.69 Å². The van der Waals surface area contributed by atoms with Gasteiger partial charge in [-0.05, 0) is 61.0 Å². The van der Waals surface area contributed by atoms with Crippen molar-refractivity contribution in [3.63, 3.8) is 0 Å². The van der Waals surface area contributed by atoms with Crippen molar-refractivity contribution in [2.75, 3.05) is 11.1 Å². The summed E-state index contributed by atoms with van der Waals surface area (Å²) in [5.41, 5.74) is 3.22. The highest BCUT2D eigenvalue weighted by molar-refractivity contribution is 7.99. The molecule has 0 saturated carbocycles. The van der Waals surface area contributed by atoms with Gasteiger partial charge in [-0.2, -0.15) is 0 Å². The molecule has 1 aromatic heterocycles. The van der Waals surface area contributed by atoms with Crippen LogP contribution in [0.2, 0.25) is 5.02 Å². The fourth-order valence-electron chi connectivity index (χ4n) is 3.25. The lowest BCUT2D eigenvalue weighted by atomic mass is 10.1. The number of halogens is 1. The summed E-state index contributed by atoms with van der Waals surface area (Å²) in [5.74, 6) is 0.735. The highest BCUT2D eigenvalue weighted by Gasteiger charge is 2.16. The van der Waals surface area contributed by atoms with Crippen LogP contribution in [0.3, 0.4) is 0 Å². The second kappa shape index (κ2) is 10.5. The Morgan fingerprint density at radius 2 is 1.64 bits per heavy atom. The molecule has 3 aromatic carbocycles. The minimum atomic E-state index is -0.175. The maximum Gasteiger partial charge on any atom is 0.234 e. The average Bonchev–Trinajstić information content (AvgIpc) is 3.21. The Morgan fingerprint density at radius 1 is 0.939 bits per heavy atom. The van der Waals surface area contributed by atoms with Gasteiger partial charge in [-0.15, -0.1) is 10.2 Å². The van der Waals surface area contributed by atoms with E-state index in [9.17, 15) is 9.59 Å². The van der Waals surface area contributed by atoms with Gasteiger partial charge in [-0.25, -0.2) is 0 Å². The van der Waals surface area contributed by atoms with Crippen LogP contribution in [-0.4, -0.2) is 32.2 Å². The van der Waals surface area contributed by atoms with Gasteiger partial charge >= 0.3 is 0 Å². The number of anilines is 1. The molecule has 6 nitrogen and oxygen atoms in total. The topological polar surface area (TPSA) is 76.9 Å². The van der Waals surface area contributed by atoms with Gasteiger partial charge in [-0.3, -0.25) is 14.2 Å². The van der Waals surface area contributed by atoms with Crippen LogP contribution in [0.1, 0.15) is 28.7 Å². The number of thioether (sulfide) groups is 1. The summed E-state index contributed by atoms with van der Waals surface area (Å²) in [5, 5.41) is 12.8. The molecule has 4 rings (SSSR count). The van der Waals surface area contributed by atoms with E-state index >= 15 is 0 Å². The van der Waals surface area contributed by atoms with Gasteiger partial charge in [0.1, 0.15) is 5.82 Å². The van der Waals surface area contributed by atoms with Crippen molar-refractivity contribution in [1.29, 1.82) is 0 Å². The Morgan fingerprint density at radius 3 is 2.30 bits per heavy atom. The summed E-state index contributed by atoms with van der Waals surface area (Å²) in [6.07, 6.45) is 0.603. The van der Waals surface area contributed by atoms with Gasteiger partial charge in [0.25, 0.3) is 0 Å². The van der Waals surface area contributed by atoms with Crippen LogP contribution in [0.15, 0.2) is 84.0 Å². The summed E-state index contributed by atoms with van der Waals surface area (Å²) in [6.45, 7) is 1.51. The number of nitrogens with zero attached hydrogens (tertiary/aromatic N) is 3. The van der Waals surface area contributed by atoms with Gasteiger partial charge in [0.15, 0.2) is 10.9 Å². The number of aromatic nitrogens is 3. The van der Waals surface area contributed by atoms with Crippen LogP contribution in [0.4, 0.5) is 5.69 Å². The van der Waals surface area contributed by atoms with Gasteiger partial charge in [0.2, 0.25) is 5.91 Å². The standard InChI is InChI=1S/C25H21ClN4O2S/c1-17(31)19-7-11-21(12-8-19)27-24(32)16-33-25-29-28-23(15-18-5-3-2-4-6-18)30(25)22-13-9-20(26)10-14-22/h2-14H,15-16H2,1H3,(H,27,32). The Hall–Kier alpha value is -3.42. The minimum absolute atomic E-state index is 0.0173. The van der Waals surface area contributed by atoms with E-state index in [4.69, 9.17) is 11.6 Å². The first-order valence-electron chi connectivity index (χ1n) is 10.3. The van der Waals surface area contributed by atoms with Crippen molar-refractivity contribution in [2.45, 2.75) is 18.5 Å². The normalized spacial score (nSPS) is 10.7. The summed E-state index contributed by atoms with van der Waals surface area (Å²) in [7, 11) is 0. The van der Waals surface area contributed by atoms with E-state index in [1.165, 1.54) is 18.7 Å². The van der Waals surface area contributed by atoms with Crippen molar-refractivity contribution < 1.29 is 9.59 Å². The highest BCUT2D eigenvalue weighted by atomic mass is 35.5. The summed E-state index contributed by atoms with van der Waals surface area (Å²) < 4.78 is 1.95. The Labute approximate surface area is 201 Å².